The molecule has 0 spiro atoms. The minimum atomic E-state index is -1.12. The van der Waals surface area contributed by atoms with Crippen molar-refractivity contribution in [1.82, 2.24) is 5.32 Å². The van der Waals surface area contributed by atoms with Gasteiger partial charge in [-0.15, -0.1) is 0 Å². The van der Waals surface area contributed by atoms with E-state index in [2.05, 4.69) is 31.9 Å². The summed E-state index contributed by atoms with van der Waals surface area (Å²) in [6, 6.07) is 15.0. The predicted octanol–water partition coefficient (Wildman–Crippen LogP) is 5.52. The maximum atomic E-state index is 11.5. The normalized spacial score (nSPS) is 12.9. The Bertz CT molecular complexity index is 1330. The average molecular weight is 573 g/mol. The van der Waals surface area contributed by atoms with E-state index in [1.165, 1.54) is 18.2 Å². The molecule has 167 valence electrons. The number of phenolic OH excluding ortho intramolecular Hbond substituents is 1. The van der Waals surface area contributed by atoms with Crippen molar-refractivity contribution in [2.45, 2.75) is 0 Å². The molecule has 3 aromatic rings. The quantitative estimate of drug-likeness (QED) is 0.405. The van der Waals surface area contributed by atoms with E-state index < -0.39 is 5.97 Å². The number of nitrogens with zero attached hydrogens (tertiary/aromatic N) is 2. The average Bonchev–Trinajstić information content (AvgIpc) is 3.24. The van der Waals surface area contributed by atoms with Crippen LogP contribution in [-0.2, 0) is 0 Å². The number of carboxylic acids is 1. The Balaban J connectivity index is 1.96. The zero-order chi connectivity index (χ0) is 23.7. The van der Waals surface area contributed by atoms with E-state index in [1.54, 1.807) is 26.4 Å². The fourth-order valence-electron chi connectivity index (χ4n) is 3.42. The van der Waals surface area contributed by atoms with E-state index in [-0.39, 0.29) is 22.7 Å². The van der Waals surface area contributed by atoms with Crippen molar-refractivity contribution >= 4 is 55.1 Å². The van der Waals surface area contributed by atoms with E-state index in [9.17, 15) is 15.0 Å². The summed E-state index contributed by atoms with van der Waals surface area (Å²) in [5, 5.41) is 24.6. The van der Waals surface area contributed by atoms with Gasteiger partial charge in [-0.2, -0.15) is 0 Å². The highest BCUT2D eigenvalue weighted by atomic mass is 79.9. The molecule has 0 amide bonds. The topological polar surface area (TPSA) is 102 Å². The maximum absolute atomic E-state index is 11.5. The molecule has 0 unspecified atom stereocenters. The number of hydrogen-bond acceptors (Lipinski definition) is 5. The largest absolute Gasteiger partial charge is 0.507 e. The second-order valence-corrected chi connectivity index (χ2v) is 8.80. The summed E-state index contributed by atoms with van der Waals surface area (Å²) >= 11 is 6.98. The molecule has 0 aliphatic carbocycles. The van der Waals surface area contributed by atoms with Gasteiger partial charge in [0.2, 0.25) is 0 Å². The minimum Gasteiger partial charge on any atom is -0.507 e. The lowest BCUT2D eigenvalue weighted by molar-refractivity contribution is 0.0697. The summed E-state index contributed by atoms with van der Waals surface area (Å²) in [7, 11) is 3.12. The number of aliphatic imine (C=N–C) groups is 1. The molecular weight excluding hydrogens is 556 g/mol. The van der Waals surface area contributed by atoms with Gasteiger partial charge >= 0.3 is 5.97 Å². The molecule has 3 aromatic carbocycles. The molecule has 0 aromatic heterocycles. The van der Waals surface area contributed by atoms with Gasteiger partial charge in [-0.3, -0.25) is 0 Å². The first-order chi connectivity index (χ1) is 15.8. The van der Waals surface area contributed by atoms with E-state index in [1.807, 2.05) is 24.3 Å². The van der Waals surface area contributed by atoms with Crippen LogP contribution in [0.2, 0.25) is 0 Å². The molecule has 0 saturated carbocycles. The second-order valence-electron chi connectivity index (χ2n) is 6.97. The lowest BCUT2D eigenvalue weighted by Gasteiger charge is -2.13. The molecule has 1 heterocycles. The summed E-state index contributed by atoms with van der Waals surface area (Å²) in [6.07, 6.45) is 0. The van der Waals surface area contributed by atoms with Crippen molar-refractivity contribution in [2.75, 3.05) is 14.2 Å². The Morgan fingerprint density at radius 3 is 1.94 bits per heavy atom. The Morgan fingerprint density at radius 1 is 0.818 bits per heavy atom. The zero-order valence-corrected chi connectivity index (χ0v) is 20.6. The number of hydrogen-bond donors (Lipinski definition) is 2. The lowest BCUT2D eigenvalue weighted by Crippen LogP contribution is -2.13. The first-order valence-electron chi connectivity index (χ1n) is 9.61. The van der Waals surface area contributed by atoms with Crippen LogP contribution in [-0.4, -0.2) is 36.2 Å². The molecule has 33 heavy (non-hydrogen) atoms. The molecule has 4 rings (SSSR count). The number of rotatable bonds is 6. The number of ether oxygens (including phenoxy) is 2. The number of aromatic carboxylic acids is 1. The number of carbonyl (C=O) groups is 1. The third kappa shape index (κ3) is 4.46. The van der Waals surface area contributed by atoms with Gasteiger partial charge in [0.25, 0.3) is 0 Å². The van der Waals surface area contributed by atoms with Gasteiger partial charge < -0.3 is 19.7 Å². The van der Waals surface area contributed by atoms with Gasteiger partial charge in [0, 0.05) is 20.1 Å². The summed E-state index contributed by atoms with van der Waals surface area (Å²) in [6.45, 7) is 0. The molecule has 2 N–H and O–H groups in total. The van der Waals surface area contributed by atoms with E-state index in [0.717, 1.165) is 8.95 Å². The van der Waals surface area contributed by atoms with Crippen LogP contribution in [0, 0.1) is 0 Å². The van der Waals surface area contributed by atoms with Crippen LogP contribution >= 0.6 is 31.9 Å². The number of phenols is 1. The number of methoxy groups -OCH3 is 2. The molecule has 1 aliphatic rings. The summed E-state index contributed by atoms with van der Waals surface area (Å²) in [5.41, 5.74) is 2.51. The highest BCUT2D eigenvalue weighted by Gasteiger charge is 2.29. The Hall–Kier alpha value is -3.30. The first kappa shape index (κ1) is 22.9. The highest BCUT2D eigenvalue weighted by molar-refractivity contribution is 9.10. The van der Waals surface area contributed by atoms with Crippen molar-refractivity contribution < 1.29 is 24.5 Å². The van der Waals surface area contributed by atoms with Crippen molar-refractivity contribution in [2.24, 2.45) is 4.99 Å². The molecular formula is C24H17Br2N2O5. The molecule has 7 nitrogen and oxygen atoms in total. The number of benzene rings is 3. The van der Waals surface area contributed by atoms with Gasteiger partial charge in [0.05, 0.1) is 25.3 Å². The highest BCUT2D eigenvalue weighted by Crippen LogP contribution is 2.41. The number of amidine groups is 1. The van der Waals surface area contributed by atoms with E-state index in [0.29, 0.717) is 34.0 Å². The van der Waals surface area contributed by atoms with Crippen LogP contribution in [0.4, 0.5) is 0 Å². The Labute approximate surface area is 206 Å². The van der Waals surface area contributed by atoms with Crippen LogP contribution in [0.15, 0.2) is 68.5 Å². The van der Waals surface area contributed by atoms with Crippen molar-refractivity contribution in [3.05, 3.63) is 85.8 Å². The zero-order valence-electron chi connectivity index (χ0n) is 17.5. The monoisotopic (exact) mass is 571 g/mol. The molecule has 1 aliphatic heterocycles. The van der Waals surface area contributed by atoms with Crippen LogP contribution < -0.4 is 14.8 Å². The van der Waals surface area contributed by atoms with Crippen molar-refractivity contribution in [3.8, 4) is 17.2 Å². The SMILES string of the molecule is COc1ccc(Br)cc1C1=C(c2cc(Br)ccc2OC)N=C(c2cc(C(=O)O)ccc2O)[N]1. The van der Waals surface area contributed by atoms with Gasteiger partial charge in [-0.1, -0.05) is 31.9 Å². The Kier molecular flexibility index (Phi) is 6.44. The lowest BCUT2D eigenvalue weighted by atomic mass is 10.0. The van der Waals surface area contributed by atoms with Crippen LogP contribution in [0.5, 0.6) is 17.2 Å². The van der Waals surface area contributed by atoms with Crippen LogP contribution in [0.1, 0.15) is 27.0 Å². The number of aromatic hydroxyl groups is 1. The third-order valence-electron chi connectivity index (χ3n) is 4.98. The van der Waals surface area contributed by atoms with Crippen molar-refractivity contribution in [3.63, 3.8) is 0 Å². The molecule has 0 saturated heterocycles. The molecule has 1 radical (unpaired) electrons. The van der Waals surface area contributed by atoms with Crippen LogP contribution in [0.3, 0.4) is 0 Å². The van der Waals surface area contributed by atoms with Gasteiger partial charge in [-0.05, 0) is 54.6 Å². The van der Waals surface area contributed by atoms with Crippen molar-refractivity contribution in [1.29, 1.82) is 0 Å². The summed E-state index contributed by atoms with van der Waals surface area (Å²) in [5.74, 6) is 0.0625. The van der Waals surface area contributed by atoms with Gasteiger partial charge in [0.1, 0.15) is 28.6 Å². The minimum absolute atomic E-state index is 0.00997. The summed E-state index contributed by atoms with van der Waals surface area (Å²) in [4.78, 5) is 16.2. The maximum Gasteiger partial charge on any atom is 0.335 e. The van der Waals surface area contributed by atoms with Crippen LogP contribution in [0.25, 0.3) is 11.4 Å². The van der Waals surface area contributed by atoms with E-state index >= 15 is 0 Å². The molecule has 0 fully saturated rings. The fourth-order valence-corrected chi connectivity index (χ4v) is 4.14. The van der Waals surface area contributed by atoms with Gasteiger partial charge in [0.15, 0.2) is 5.84 Å². The predicted molar refractivity (Wildman–Crippen MR) is 132 cm³/mol. The first-order valence-corrected chi connectivity index (χ1v) is 11.2. The number of carboxylic acid groups (broad SMARTS) is 1. The smallest absolute Gasteiger partial charge is 0.335 e. The molecule has 9 heteroatoms. The summed E-state index contributed by atoms with van der Waals surface area (Å²) < 4.78 is 12.7. The third-order valence-corrected chi connectivity index (χ3v) is 5.96. The standard InChI is InChI=1S/C24H17Br2N2O5/c1-32-19-7-4-13(25)10-16(19)21-22(17-11-14(26)5-8-20(17)33-2)28-23(27-21)15-9-12(24(30)31)3-6-18(15)29/h3-11,29H,1-2H3,(H,30,31). The van der Waals surface area contributed by atoms with Gasteiger partial charge in [-0.25, -0.2) is 15.1 Å². The Morgan fingerprint density at radius 2 is 1.39 bits per heavy atom. The van der Waals surface area contributed by atoms with E-state index in [4.69, 9.17) is 19.8 Å². The molecule has 0 bridgehead atoms. The number of halogens is 2. The second kappa shape index (κ2) is 9.29. The fraction of sp³-hybridized carbons (Fsp3) is 0.0833. The molecule has 0 atom stereocenters.